The molecular weight excluding hydrogens is 340 g/mol. The van der Waals surface area contributed by atoms with Gasteiger partial charge in [-0.25, -0.2) is 4.98 Å². The molecule has 27 heavy (non-hydrogen) atoms. The Hall–Kier alpha value is -3.28. The first-order valence-corrected chi connectivity index (χ1v) is 8.96. The summed E-state index contributed by atoms with van der Waals surface area (Å²) < 4.78 is 10.8. The summed E-state index contributed by atoms with van der Waals surface area (Å²) in [6.07, 6.45) is 1.73. The zero-order chi connectivity index (χ0) is 18.8. The largest absolute Gasteiger partial charge is 0.454 e. The van der Waals surface area contributed by atoms with Gasteiger partial charge in [0.15, 0.2) is 11.5 Å². The highest BCUT2D eigenvalue weighted by molar-refractivity contribution is 5.67. The third kappa shape index (κ3) is 3.65. The minimum atomic E-state index is 0.253. The van der Waals surface area contributed by atoms with Crippen LogP contribution in [0.15, 0.2) is 48.7 Å². The molecule has 1 aliphatic rings. The molecule has 0 atom stereocenters. The molecule has 0 saturated heterocycles. The summed E-state index contributed by atoms with van der Waals surface area (Å²) in [5.41, 5.74) is 4.39. The molecule has 1 aromatic heterocycles. The lowest BCUT2D eigenvalue weighted by molar-refractivity contribution is 0.174. The second-order valence-electron chi connectivity index (χ2n) is 6.78. The Kier molecular flexibility index (Phi) is 4.54. The van der Waals surface area contributed by atoms with Crippen LogP contribution in [-0.4, -0.2) is 16.8 Å². The number of benzene rings is 2. The number of anilines is 4. The third-order valence-electron chi connectivity index (χ3n) is 4.46. The van der Waals surface area contributed by atoms with Gasteiger partial charge in [0, 0.05) is 23.6 Å². The van der Waals surface area contributed by atoms with E-state index < -0.39 is 0 Å². The maximum Gasteiger partial charge on any atom is 0.231 e. The van der Waals surface area contributed by atoms with Gasteiger partial charge in [0.1, 0.15) is 5.82 Å². The van der Waals surface area contributed by atoms with Crippen LogP contribution in [0, 0.1) is 6.92 Å². The first kappa shape index (κ1) is 17.1. The van der Waals surface area contributed by atoms with Crippen LogP contribution >= 0.6 is 0 Å². The normalized spacial score (nSPS) is 12.3. The second-order valence-corrected chi connectivity index (χ2v) is 6.78. The van der Waals surface area contributed by atoms with Gasteiger partial charge in [0.25, 0.3) is 0 Å². The number of hydrogen-bond donors (Lipinski definition) is 2. The van der Waals surface area contributed by atoms with E-state index in [4.69, 9.17) is 9.47 Å². The van der Waals surface area contributed by atoms with Gasteiger partial charge < -0.3 is 20.1 Å². The van der Waals surface area contributed by atoms with Crippen LogP contribution in [0.3, 0.4) is 0 Å². The maximum absolute atomic E-state index is 5.41. The van der Waals surface area contributed by atoms with Crippen molar-refractivity contribution in [3.63, 3.8) is 0 Å². The molecule has 138 valence electrons. The average Bonchev–Trinajstić information content (AvgIpc) is 3.11. The number of para-hydroxylation sites is 1. The molecule has 0 aliphatic carbocycles. The van der Waals surface area contributed by atoms with Gasteiger partial charge in [-0.2, -0.15) is 4.98 Å². The van der Waals surface area contributed by atoms with Gasteiger partial charge in [-0.1, -0.05) is 32.0 Å². The highest BCUT2D eigenvalue weighted by Crippen LogP contribution is 2.35. The molecule has 0 spiro atoms. The topological polar surface area (TPSA) is 68.3 Å². The zero-order valence-electron chi connectivity index (χ0n) is 15.6. The zero-order valence-corrected chi connectivity index (χ0v) is 15.6. The Morgan fingerprint density at radius 3 is 2.70 bits per heavy atom. The van der Waals surface area contributed by atoms with Crippen molar-refractivity contribution in [1.82, 2.24) is 9.97 Å². The first-order valence-electron chi connectivity index (χ1n) is 8.96. The smallest absolute Gasteiger partial charge is 0.231 e. The molecule has 0 radical (unpaired) electrons. The van der Waals surface area contributed by atoms with Crippen LogP contribution in [0.25, 0.3) is 0 Å². The van der Waals surface area contributed by atoms with Crippen LogP contribution < -0.4 is 20.1 Å². The van der Waals surface area contributed by atoms with Crippen molar-refractivity contribution in [2.24, 2.45) is 0 Å². The average molecular weight is 362 g/mol. The standard InChI is InChI=1S/C21H22N4O2/c1-13(2)16-6-4-5-14(3)20(16)24-19-9-10-22-21(25-19)23-15-7-8-17-18(11-15)27-12-26-17/h4-11,13H,12H2,1-3H3,(H2,22,23,24,25). The SMILES string of the molecule is Cc1cccc(C(C)C)c1Nc1ccnc(Nc2ccc3c(c2)OCO3)n1. The number of fused-ring (bicyclic) bond motifs is 1. The van der Waals surface area contributed by atoms with Gasteiger partial charge >= 0.3 is 0 Å². The van der Waals surface area contributed by atoms with Crippen molar-refractivity contribution in [3.8, 4) is 11.5 Å². The lowest BCUT2D eigenvalue weighted by atomic mass is 9.98. The Morgan fingerprint density at radius 1 is 1.00 bits per heavy atom. The van der Waals surface area contributed by atoms with E-state index in [1.165, 1.54) is 11.1 Å². The highest BCUT2D eigenvalue weighted by atomic mass is 16.7. The van der Waals surface area contributed by atoms with Crippen molar-refractivity contribution < 1.29 is 9.47 Å². The molecule has 2 heterocycles. The molecule has 4 rings (SSSR count). The molecule has 2 aromatic carbocycles. The summed E-state index contributed by atoms with van der Waals surface area (Å²) >= 11 is 0. The summed E-state index contributed by atoms with van der Waals surface area (Å²) in [5.74, 6) is 3.14. The van der Waals surface area contributed by atoms with Gasteiger partial charge in [0.05, 0.1) is 0 Å². The van der Waals surface area contributed by atoms with Crippen molar-refractivity contribution in [1.29, 1.82) is 0 Å². The van der Waals surface area contributed by atoms with Crippen LogP contribution in [-0.2, 0) is 0 Å². The molecule has 6 heteroatoms. The lowest BCUT2D eigenvalue weighted by Crippen LogP contribution is -2.04. The number of aromatic nitrogens is 2. The van der Waals surface area contributed by atoms with E-state index in [0.29, 0.717) is 11.9 Å². The van der Waals surface area contributed by atoms with Crippen molar-refractivity contribution in [2.45, 2.75) is 26.7 Å². The Balaban J connectivity index is 1.57. The molecule has 2 N–H and O–H groups in total. The van der Waals surface area contributed by atoms with E-state index in [9.17, 15) is 0 Å². The number of nitrogens with one attached hydrogen (secondary N) is 2. The third-order valence-corrected chi connectivity index (χ3v) is 4.46. The predicted molar refractivity (Wildman–Crippen MR) is 106 cm³/mol. The number of rotatable bonds is 5. The summed E-state index contributed by atoms with van der Waals surface area (Å²) in [5, 5.41) is 6.67. The van der Waals surface area contributed by atoms with E-state index in [1.807, 2.05) is 24.3 Å². The molecule has 6 nitrogen and oxygen atoms in total. The fourth-order valence-corrected chi connectivity index (χ4v) is 3.06. The van der Waals surface area contributed by atoms with E-state index in [1.54, 1.807) is 6.20 Å². The van der Waals surface area contributed by atoms with E-state index in [0.717, 1.165) is 28.7 Å². The van der Waals surface area contributed by atoms with Gasteiger partial charge in [0.2, 0.25) is 12.7 Å². The molecule has 0 amide bonds. The Labute approximate surface area is 158 Å². The molecular formula is C21H22N4O2. The monoisotopic (exact) mass is 362 g/mol. The number of ether oxygens (including phenoxy) is 2. The first-order chi connectivity index (χ1) is 13.1. The lowest BCUT2D eigenvalue weighted by Gasteiger charge is -2.17. The Morgan fingerprint density at radius 2 is 1.85 bits per heavy atom. The van der Waals surface area contributed by atoms with Gasteiger partial charge in [-0.15, -0.1) is 0 Å². The van der Waals surface area contributed by atoms with Crippen LogP contribution in [0.1, 0.15) is 30.9 Å². The summed E-state index contributed by atoms with van der Waals surface area (Å²) in [6.45, 7) is 6.73. The molecule has 0 unspecified atom stereocenters. The summed E-state index contributed by atoms with van der Waals surface area (Å²) in [7, 11) is 0. The van der Waals surface area contributed by atoms with Crippen LogP contribution in [0.5, 0.6) is 11.5 Å². The Bertz CT molecular complexity index is 972. The minimum Gasteiger partial charge on any atom is -0.454 e. The molecule has 1 aliphatic heterocycles. The second kappa shape index (κ2) is 7.15. The fourth-order valence-electron chi connectivity index (χ4n) is 3.06. The number of hydrogen-bond acceptors (Lipinski definition) is 6. The van der Waals surface area contributed by atoms with Crippen LogP contribution in [0.2, 0.25) is 0 Å². The van der Waals surface area contributed by atoms with E-state index >= 15 is 0 Å². The van der Waals surface area contributed by atoms with Crippen molar-refractivity contribution >= 4 is 23.1 Å². The maximum atomic E-state index is 5.41. The van der Waals surface area contributed by atoms with Gasteiger partial charge in [-0.3, -0.25) is 0 Å². The molecule has 0 saturated carbocycles. The van der Waals surface area contributed by atoms with E-state index in [2.05, 4.69) is 59.6 Å². The highest BCUT2D eigenvalue weighted by Gasteiger charge is 2.14. The van der Waals surface area contributed by atoms with Crippen molar-refractivity contribution in [2.75, 3.05) is 17.4 Å². The van der Waals surface area contributed by atoms with Crippen molar-refractivity contribution in [3.05, 3.63) is 59.8 Å². The predicted octanol–water partition coefficient (Wildman–Crippen LogP) is 5.12. The minimum absolute atomic E-state index is 0.253. The molecule has 3 aromatic rings. The number of aryl methyl sites for hydroxylation is 1. The quantitative estimate of drug-likeness (QED) is 0.656. The van der Waals surface area contributed by atoms with Gasteiger partial charge in [-0.05, 0) is 42.2 Å². The number of nitrogens with zero attached hydrogens (tertiary/aromatic N) is 2. The summed E-state index contributed by atoms with van der Waals surface area (Å²) in [6, 6.07) is 13.9. The summed E-state index contributed by atoms with van der Waals surface area (Å²) in [4.78, 5) is 8.91. The molecule has 0 fully saturated rings. The van der Waals surface area contributed by atoms with Crippen LogP contribution in [0.4, 0.5) is 23.1 Å². The fraction of sp³-hybridized carbons (Fsp3) is 0.238. The van der Waals surface area contributed by atoms with E-state index in [-0.39, 0.29) is 6.79 Å². The molecule has 0 bridgehead atoms.